The number of carbonyl (C=O) groups is 1. The Morgan fingerprint density at radius 2 is 1.50 bits per heavy atom. The summed E-state index contributed by atoms with van der Waals surface area (Å²) in [6, 6.07) is 27.8. The molecule has 1 aromatic heterocycles. The molecule has 7 rings (SSSR count). The molecule has 0 spiro atoms. The highest BCUT2D eigenvalue weighted by molar-refractivity contribution is 6.23. The van der Waals surface area contributed by atoms with E-state index >= 15 is 0 Å². The van der Waals surface area contributed by atoms with Crippen LogP contribution in [0.4, 0.5) is 0 Å². The number of fused-ring (bicyclic) bond motifs is 7. The summed E-state index contributed by atoms with van der Waals surface area (Å²) in [5.41, 5.74) is 4.29. The zero-order chi connectivity index (χ0) is 30.4. The third-order valence-corrected chi connectivity index (χ3v) is 8.48. The summed E-state index contributed by atoms with van der Waals surface area (Å²) >= 11 is 0. The van der Waals surface area contributed by atoms with Gasteiger partial charge in [0.15, 0.2) is 5.60 Å². The van der Waals surface area contributed by atoms with E-state index in [0.717, 1.165) is 67.3 Å². The molecule has 6 aromatic rings. The van der Waals surface area contributed by atoms with E-state index in [1.807, 2.05) is 97.9 Å². The van der Waals surface area contributed by atoms with Crippen molar-refractivity contribution in [1.82, 2.24) is 0 Å². The Morgan fingerprint density at radius 3 is 2.18 bits per heavy atom. The van der Waals surface area contributed by atoms with Gasteiger partial charge in [0.25, 0.3) is 0 Å². The maximum Gasteiger partial charge on any atom is 0.338 e. The molecule has 220 valence electrons. The van der Waals surface area contributed by atoms with E-state index in [2.05, 4.69) is 13.0 Å². The molecule has 1 aliphatic heterocycles. The van der Waals surface area contributed by atoms with Crippen LogP contribution in [-0.4, -0.2) is 26.8 Å². The van der Waals surface area contributed by atoms with Crippen molar-refractivity contribution < 1.29 is 28.2 Å². The average molecular weight is 585 g/mol. The van der Waals surface area contributed by atoms with E-state index in [1.54, 1.807) is 7.11 Å². The van der Waals surface area contributed by atoms with Crippen LogP contribution < -0.4 is 14.2 Å². The van der Waals surface area contributed by atoms with Crippen LogP contribution in [0.5, 0.6) is 17.2 Å². The van der Waals surface area contributed by atoms with Crippen LogP contribution in [0.2, 0.25) is 0 Å². The number of esters is 1. The smallest absolute Gasteiger partial charge is 0.338 e. The van der Waals surface area contributed by atoms with Crippen LogP contribution in [0.25, 0.3) is 38.8 Å². The molecule has 1 unspecified atom stereocenters. The number of carbonyl (C=O) groups excluding carboxylic acids is 1. The van der Waals surface area contributed by atoms with Gasteiger partial charge in [-0.15, -0.1) is 0 Å². The fourth-order valence-electron chi connectivity index (χ4n) is 6.31. The van der Waals surface area contributed by atoms with E-state index in [1.165, 1.54) is 7.11 Å². The Morgan fingerprint density at radius 1 is 0.795 bits per heavy atom. The van der Waals surface area contributed by atoms with Crippen LogP contribution in [-0.2, 0) is 10.3 Å². The van der Waals surface area contributed by atoms with Crippen LogP contribution >= 0.6 is 0 Å². The summed E-state index contributed by atoms with van der Waals surface area (Å²) in [5, 5.41) is 3.70. The summed E-state index contributed by atoms with van der Waals surface area (Å²) in [4.78, 5) is 13.3. The van der Waals surface area contributed by atoms with Gasteiger partial charge in [0, 0.05) is 32.8 Å². The fourth-order valence-corrected chi connectivity index (χ4v) is 6.31. The Balaban J connectivity index is 1.55. The van der Waals surface area contributed by atoms with Crippen molar-refractivity contribution in [3.63, 3.8) is 0 Å². The second kappa shape index (κ2) is 10.8. The standard InChI is InChI=1S/C38H32O6/c1-5-22-42-27-16-12-25(13-17-27)38(24-10-14-26(40-3)15-11-24)21-20-30-33(37(39)41-4)23(2)28-18-19-32-34(35(28)36(30)44-38)29-8-6-7-9-31(29)43-32/h6-21H,5,22H2,1-4H3. The number of rotatable bonds is 7. The third-order valence-electron chi connectivity index (χ3n) is 8.48. The number of para-hydroxylation sites is 1. The Labute approximate surface area is 255 Å². The summed E-state index contributed by atoms with van der Waals surface area (Å²) in [6.45, 7) is 4.68. The lowest BCUT2D eigenvalue weighted by atomic mass is 9.81. The molecule has 0 bridgehead atoms. The molecule has 0 radical (unpaired) electrons. The molecule has 1 aliphatic rings. The number of methoxy groups -OCH3 is 2. The topological polar surface area (TPSA) is 67.1 Å². The summed E-state index contributed by atoms with van der Waals surface area (Å²) in [7, 11) is 3.05. The van der Waals surface area contributed by atoms with Crippen LogP contribution in [0, 0.1) is 6.92 Å². The number of hydrogen-bond acceptors (Lipinski definition) is 6. The number of ether oxygens (including phenoxy) is 4. The molecular weight excluding hydrogens is 552 g/mol. The minimum Gasteiger partial charge on any atom is -0.497 e. The molecular formula is C38H32O6. The molecule has 5 aromatic carbocycles. The van der Waals surface area contributed by atoms with Crippen molar-refractivity contribution in [3.05, 3.63) is 119 Å². The monoisotopic (exact) mass is 584 g/mol. The van der Waals surface area contributed by atoms with Crippen LogP contribution in [0.1, 0.15) is 46.0 Å². The molecule has 44 heavy (non-hydrogen) atoms. The SMILES string of the molecule is CCCOc1ccc(C2(c3ccc(OC)cc3)C=Cc3c(C(=O)OC)c(C)c4ccc5oc6ccccc6c5c4c3O2)cc1. The molecule has 2 heterocycles. The Kier molecular flexibility index (Phi) is 6.77. The highest BCUT2D eigenvalue weighted by atomic mass is 16.5. The van der Waals surface area contributed by atoms with Gasteiger partial charge in [0.1, 0.15) is 28.4 Å². The zero-order valence-corrected chi connectivity index (χ0v) is 25.1. The number of furan rings is 1. The number of benzene rings is 5. The van der Waals surface area contributed by atoms with E-state index in [0.29, 0.717) is 23.5 Å². The fraction of sp³-hybridized carbons (Fsp3) is 0.184. The van der Waals surface area contributed by atoms with E-state index in [-0.39, 0.29) is 0 Å². The number of hydrogen-bond donors (Lipinski definition) is 0. The largest absolute Gasteiger partial charge is 0.497 e. The molecule has 0 N–H and O–H groups in total. The van der Waals surface area contributed by atoms with Gasteiger partial charge < -0.3 is 23.4 Å². The number of aryl methyl sites for hydroxylation is 1. The van der Waals surface area contributed by atoms with Gasteiger partial charge in [-0.3, -0.25) is 0 Å². The Hall–Kier alpha value is -5.23. The van der Waals surface area contributed by atoms with Crippen LogP contribution in [0.3, 0.4) is 0 Å². The van der Waals surface area contributed by atoms with Crippen molar-refractivity contribution in [2.24, 2.45) is 0 Å². The quantitative estimate of drug-likeness (QED) is 0.175. The summed E-state index contributed by atoms with van der Waals surface area (Å²) in [5.74, 6) is 1.71. The molecule has 0 saturated heterocycles. The molecule has 6 heteroatoms. The first-order valence-electron chi connectivity index (χ1n) is 14.7. The van der Waals surface area contributed by atoms with E-state index < -0.39 is 11.6 Å². The van der Waals surface area contributed by atoms with Crippen molar-refractivity contribution in [3.8, 4) is 17.2 Å². The van der Waals surface area contributed by atoms with Crippen molar-refractivity contribution in [2.45, 2.75) is 25.9 Å². The van der Waals surface area contributed by atoms with Crippen molar-refractivity contribution >= 4 is 44.8 Å². The van der Waals surface area contributed by atoms with Crippen molar-refractivity contribution in [2.75, 3.05) is 20.8 Å². The van der Waals surface area contributed by atoms with Gasteiger partial charge in [-0.2, -0.15) is 0 Å². The first-order chi connectivity index (χ1) is 21.5. The molecule has 1 atom stereocenters. The minimum atomic E-state index is -1.03. The van der Waals surface area contributed by atoms with Gasteiger partial charge >= 0.3 is 5.97 Å². The predicted octanol–water partition coefficient (Wildman–Crippen LogP) is 8.98. The normalized spacial score (nSPS) is 15.7. The molecule has 0 saturated carbocycles. The Bertz CT molecular complexity index is 2070. The minimum absolute atomic E-state index is 0.416. The lowest BCUT2D eigenvalue weighted by Crippen LogP contribution is -2.35. The average Bonchev–Trinajstić information content (AvgIpc) is 3.46. The maximum absolute atomic E-state index is 13.3. The maximum atomic E-state index is 13.3. The van der Waals surface area contributed by atoms with Gasteiger partial charge in [-0.25, -0.2) is 4.79 Å². The molecule has 0 aliphatic carbocycles. The highest BCUT2D eigenvalue weighted by Gasteiger charge is 2.40. The lowest BCUT2D eigenvalue weighted by molar-refractivity contribution is 0.0598. The highest BCUT2D eigenvalue weighted by Crippen LogP contribution is 2.50. The van der Waals surface area contributed by atoms with Gasteiger partial charge in [0.05, 0.1) is 26.4 Å². The second-order valence-corrected chi connectivity index (χ2v) is 11.0. The lowest BCUT2D eigenvalue weighted by Gasteiger charge is -2.37. The molecule has 0 amide bonds. The molecule has 6 nitrogen and oxygen atoms in total. The van der Waals surface area contributed by atoms with E-state index in [9.17, 15) is 4.79 Å². The van der Waals surface area contributed by atoms with Crippen LogP contribution in [0.15, 0.2) is 95.4 Å². The van der Waals surface area contributed by atoms with Gasteiger partial charge in [-0.1, -0.05) is 55.5 Å². The van der Waals surface area contributed by atoms with Gasteiger partial charge in [-0.05, 0) is 72.8 Å². The van der Waals surface area contributed by atoms with E-state index in [4.69, 9.17) is 23.4 Å². The molecule has 0 fully saturated rings. The zero-order valence-electron chi connectivity index (χ0n) is 25.1. The first kappa shape index (κ1) is 27.6. The first-order valence-corrected chi connectivity index (χ1v) is 14.7. The predicted molar refractivity (Wildman–Crippen MR) is 173 cm³/mol. The van der Waals surface area contributed by atoms with Crippen molar-refractivity contribution in [1.29, 1.82) is 0 Å². The summed E-state index contributed by atoms with van der Waals surface area (Å²) < 4.78 is 30.2. The second-order valence-electron chi connectivity index (χ2n) is 11.0. The summed E-state index contributed by atoms with van der Waals surface area (Å²) in [6.07, 6.45) is 4.93. The third kappa shape index (κ3) is 4.21. The van der Waals surface area contributed by atoms with Gasteiger partial charge in [0.2, 0.25) is 0 Å².